The molecule has 2 unspecified atom stereocenters. The standard InChI is InChI=1S/C8H16O2/c1-4-5-6(2)7(3)8(9)10/h6-7H,4-5H2,1-3H3,(H,9,10). The van der Waals surface area contributed by atoms with Gasteiger partial charge in [0, 0.05) is 0 Å². The van der Waals surface area contributed by atoms with Crippen LogP contribution in [0.3, 0.4) is 0 Å². The van der Waals surface area contributed by atoms with Crippen molar-refractivity contribution in [2.75, 3.05) is 0 Å². The summed E-state index contributed by atoms with van der Waals surface area (Å²) in [6.45, 7) is 5.83. The predicted octanol–water partition coefficient (Wildman–Crippen LogP) is 2.14. The third-order valence-corrected chi connectivity index (χ3v) is 1.99. The van der Waals surface area contributed by atoms with Crippen LogP contribution in [0.25, 0.3) is 0 Å². The average molecular weight is 144 g/mol. The molecule has 0 aliphatic carbocycles. The van der Waals surface area contributed by atoms with Gasteiger partial charge in [0.1, 0.15) is 0 Å². The molecule has 0 heterocycles. The van der Waals surface area contributed by atoms with Crippen LogP contribution in [0, 0.1) is 11.8 Å². The van der Waals surface area contributed by atoms with Crippen molar-refractivity contribution < 1.29 is 9.90 Å². The van der Waals surface area contributed by atoms with Crippen molar-refractivity contribution in [3.8, 4) is 0 Å². The van der Waals surface area contributed by atoms with Gasteiger partial charge in [0.2, 0.25) is 0 Å². The number of hydrogen-bond donors (Lipinski definition) is 1. The molecule has 0 amide bonds. The average Bonchev–Trinajstić information content (AvgIpc) is 1.87. The number of hydrogen-bond acceptors (Lipinski definition) is 1. The molecule has 0 aromatic carbocycles. The van der Waals surface area contributed by atoms with Crippen molar-refractivity contribution in [2.24, 2.45) is 11.8 Å². The van der Waals surface area contributed by atoms with Crippen LogP contribution in [0.5, 0.6) is 0 Å². The van der Waals surface area contributed by atoms with Crippen molar-refractivity contribution in [1.29, 1.82) is 0 Å². The van der Waals surface area contributed by atoms with E-state index in [0.717, 1.165) is 12.8 Å². The maximum atomic E-state index is 10.4. The summed E-state index contributed by atoms with van der Waals surface area (Å²) in [7, 11) is 0. The zero-order valence-electron chi connectivity index (χ0n) is 6.92. The van der Waals surface area contributed by atoms with E-state index in [4.69, 9.17) is 5.11 Å². The molecule has 10 heavy (non-hydrogen) atoms. The molecule has 0 saturated heterocycles. The minimum atomic E-state index is -0.680. The topological polar surface area (TPSA) is 37.3 Å². The fourth-order valence-corrected chi connectivity index (χ4v) is 0.949. The van der Waals surface area contributed by atoms with E-state index in [9.17, 15) is 4.79 Å². The molecule has 0 aliphatic heterocycles. The van der Waals surface area contributed by atoms with E-state index in [0.29, 0.717) is 5.92 Å². The second-order valence-corrected chi connectivity index (χ2v) is 2.89. The van der Waals surface area contributed by atoms with E-state index in [-0.39, 0.29) is 5.92 Å². The van der Waals surface area contributed by atoms with Crippen molar-refractivity contribution in [2.45, 2.75) is 33.6 Å². The molecule has 0 fully saturated rings. The Morgan fingerprint density at radius 2 is 2.00 bits per heavy atom. The first-order valence-electron chi connectivity index (χ1n) is 3.82. The first kappa shape index (κ1) is 9.47. The molecular formula is C8H16O2. The number of carbonyl (C=O) groups is 1. The zero-order valence-corrected chi connectivity index (χ0v) is 6.92. The molecule has 0 rings (SSSR count). The van der Waals surface area contributed by atoms with Gasteiger partial charge in [-0.2, -0.15) is 0 Å². The largest absolute Gasteiger partial charge is 0.481 e. The van der Waals surface area contributed by atoms with Gasteiger partial charge in [-0.15, -0.1) is 0 Å². The lowest BCUT2D eigenvalue weighted by Crippen LogP contribution is -2.17. The summed E-state index contributed by atoms with van der Waals surface area (Å²) < 4.78 is 0. The van der Waals surface area contributed by atoms with Gasteiger partial charge in [-0.1, -0.05) is 33.6 Å². The summed E-state index contributed by atoms with van der Waals surface area (Å²) in [5, 5.41) is 8.58. The monoisotopic (exact) mass is 144 g/mol. The van der Waals surface area contributed by atoms with Gasteiger partial charge in [0.25, 0.3) is 0 Å². The van der Waals surface area contributed by atoms with Crippen molar-refractivity contribution in [1.82, 2.24) is 0 Å². The summed E-state index contributed by atoms with van der Waals surface area (Å²) in [6, 6.07) is 0. The lowest BCUT2D eigenvalue weighted by atomic mass is 9.92. The molecule has 0 radical (unpaired) electrons. The van der Waals surface area contributed by atoms with Crippen LogP contribution in [0.1, 0.15) is 33.6 Å². The zero-order chi connectivity index (χ0) is 8.15. The summed E-state index contributed by atoms with van der Waals surface area (Å²) in [5.74, 6) is -0.566. The van der Waals surface area contributed by atoms with Gasteiger partial charge in [-0.25, -0.2) is 0 Å². The molecule has 60 valence electrons. The predicted molar refractivity (Wildman–Crippen MR) is 40.9 cm³/mol. The summed E-state index contributed by atoms with van der Waals surface area (Å²) in [6.07, 6.45) is 2.08. The number of carboxylic acids is 1. The van der Waals surface area contributed by atoms with Crippen LogP contribution in [0.15, 0.2) is 0 Å². The van der Waals surface area contributed by atoms with Crippen molar-refractivity contribution >= 4 is 5.97 Å². The van der Waals surface area contributed by atoms with E-state index in [2.05, 4.69) is 6.92 Å². The van der Waals surface area contributed by atoms with Crippen LogP contribution < -0.4 is 0 Å². The molecule has 0 bridgehead atoms. The second-order valence-electron chi connectivity index (χ2n) is 2.89. The molecule has 2 nitrogen and oxygen atoms in total. The Kier molecular flexibility index (Phi) is 4.08. The number of rotatable bonds is 4. The molecule has 0 spiro atoms. The van der Waals surface area contributed by atoms with E-state index in [1.807, 2.05) is 6.92 Å². The Morgan fingerprint density at radius 3 is 2.30 bits per heavy atom. The molecular weight excluding hydrogens is 128 g/mol. The van der Waals surface area contributed by atoms with Gasteiger partial charge in [-0.05, 0) is 5.92 Å². The Bertz CT molecular complexity index is 110. The third kappa shape index (κ3) is 2.85. The SMILES string of the molecule is CCCC(C)C(C)C(=O)O. The van der Waals surface area contributed by atoms with E-state index in [1.54, 1.807) is 6.92 Å². The first-order valence-corrected chi connectivity index (χ1v) is 3.82. The lowest BCUT2D eigenvalue weighted by molar-refractivity contribution is -0.142. The van der Waals surface area contributed by atoms with Crippen LogP contribution in [-0.4, -0.2) is 11.1 Å². The first-order chi connectivity index (χ1) is 4.59. The highest BCUT2D eigenvalue weighted by Gasteiger charge is 2.17. The Hall–Kier alpha value is -0.530. The molecule has 2 heteroatoms. The highest BCUT2D eigenvalue weighted by Crippen LogP contribution is 2.16. The maximum absolute atomic E-state index is 10.4. The fraction of sp³-hybridized carbons (Fsp3) is 0.875. The molecule has 0 saturated carbocycles. The highest BCUT2D eigenvalue weighted by atomic mass is 16.4. The van der Waals surface area contributed by atoms with Crippen LogP contribution in [0.4, 0.5) is 0 Å². The van der Waals surface area contributed by atoms with Gasteiger partial charge >= 0.3 is 5.97 Å². The van der Waals surface area contributed by atoms with Gasteiger partial charge in [0.05, 0.1) is 5.92 Å². The third-order valence-electron chi connectivity index (χ3n) is 1.99. The van der Waals surface area contributed by atoms with Crippen LogP contribution in [-0.2, 0) is 4.79 Å². The summed E-state index contributed by atoms with van der Waals surface area (Å²) in [4.78, 5) is 10.4. The van der Waals surface area contributed by atoms with Crippen molar-refractivity contribution in [3.05, 3.63) is 0 Å². The lowest BCUT2D eigenvalue weighted by Gasteiger charge is -2.13. The molecule has 1 N–H and O–H groups in total. The Morgan fingerprint density at radius 1 is 1.50 bits per heavy atom. The minimum absolute atomic E-state index is 0.194. The smallest absolute Gasteiger partial charge is 0.306 e. The van der Waals surface area contributed by atoms with Gasteiger partial charge in [0.15, 0.2) is 0 Å². The number of aliphatic carboxylic acids is 1. The van der Waals surface area contributed by atoms with E-state index in [1.165, 1.54) is 0 Å². The minimum Gasteiger partial charge on any atom is -0.481 e. The van der Waals surface area contributed by atoms with Crippen LogP contribution in [0.2, 0.25) is 0 Å². The quantitative estimate of drug-likeness (QED) is 0.656. The Labute approximate surface area is 62.2 Å². The van der Waals surface area contributed by atoms with Crippen molar-refractivity contribution in [3.63, 3.8) is 0 Å². The van der Waals surface area contributed by atoms with E-state index >= 15 is 0 Å². The fourth-order valence-electron chi connectivity index (χ4n) is 0.949. The Balaban J connectivity index is 3.69. The van der Waals surface area contributed by atoms with Crippen LogP contribution >= 0.6 is 0 Å². The van der Waals surface area contributed by atoms with Gasteiger partial charge in [-0.3, -0.25) is 4.79 Å². The molecule has 2 atom stereocenters. The molecule has 0 aromatic heterocycles. The highest BCUT2D eigenvalue weighted by molar-refractivity contribution is 5.69. The normalized spacial score (nSPS) is 16.3. The molecule has 0 aromatic rings. The van der Waals surface area contributed by atoms with E-state index < -0.39 is 5.97 Å². The summed E-state index contributed by atoms with van der Waals surface area (Å²) >= 11 is 0. The van der Waals surface area contributed by atoms with Gasteiger partial charge < -0.3 is 5.11 Å². The summed E-state index contributed by atoms with van der Waals surface area (Å²) in [5.41, 5.74) is 0. The second kappa shape index (κ2) is 4.31. The maximum Gasteiger partial charge on any atom is 0.306 e. The number of carboxylic acid groups (broad SMARTS) is 1. The molecule has 0 aliphatic rings.